The van der Waals surface area contributed by atoms with Crippen LogP contribution in [0.15, 0.2) is 36.7 Å². The van der Waals surface area contributed by atoms with Crippen LogP contribution < -0.4 is 4.90 Å². The summed E-state index contributed by atoms with van der Waals surface area (Å²) < 4.78 is 0. The van der Waals surface area contributed by atoms with Crippen molar-refractivity contribution in [3.63, 3.8) is 0 Å². The maximum Gasteiger partial charge on any atom is 0.148 e. The average molecular weight is 237 g/mol. The van der Waals surface area contributed by atoms with E-state index in [0.717, 1.165) is 11.5 Å². The number of benzene rings is 1. The molecule has 3 nitrogen and oxygen atoms in total. The molecule has 3 heterocycles. The Hall–Kier alpha value is -1.90. The van der Waals surface area contributed by atoms with E-state index in [-0.39, 0.29) is 0 Å². The lowest BCUT2D eigenvalue weighted by atomic mass is 9.92. The van der Waals surface area contributed by atoms with Crippen molar-refractivity contribution in [2.45, 2.75) is 31.8 Å². The van der Waals surface area contributed by atoms with Crippen molar-refractivity contribution in [3.05, 3.63) is 53.5 Å². The van der Waals surface area contributed by atoms with E-state index in [2.05, 4.69) is 39.1 Å². The molecule has 90 valence electrons. The Morgan fingerprint density at radius 3 is 2.33 bits per heavy atom. The molecule has 2 bridgehead atoms. The quantitative estimate of drug-likeness (QED) is 0.762. The van der Waals surface area contributed by atoms with Gasteiger partial charge in [0.15, 0.2) is 0 Å². The Kier molecular flexibility index (Phi) is 1.98. The van der Waals surface area contributed by atoms with E-state index in [4.69, 9.17) is 0 Å². The third kappa shape index (κ3) is 1.24. The van der Waals surface area contributed by atoms with Crippen molar-refractivity contribution in [3.8, 4) is 0 Å². The summed E-state index contributed by atoms with van der Waals surface area (Å²) in [7, 11) is 0. The highest BCUT2D eigenvalue weighted by molar-refractivity contribution is 5.55. The molecule has 0 saturated carbocycles. The van der Waals surface area contributed by atoms with Crippen LogP contribution in [-0.4, -0.2) is 9.97 Å². The molecule has 2 aliphatic heterocycles. The van der Waals surface area contributed by atoms with Gasteiger partial charge in [0, 0.05) is 6.20 Å². The highest BCUT2D eigenvalue weighted by atomic mass is 15.3. The molecule has 1 saturated heterocycles. The summed E-state index contributed by atoms with van der Waals surface area (Å²) in [5.41, 5.74) is 3.96. The van der Waals surface area contributed by atoms with E-state index < -0.39 is 0 Å². The minimum Gasteiger partial charge on any atom is -0.341 e. The molecule has 1 aromatic carbocycles. The first-order chi connectivity index (χ1) is 8.84. The van der Waals surface area contributed by atoms with Crippen molar-refractivity contribution in [2.75, 3.05) is 4.90 Å². The first-order valence-corrected chi connectivity index (χ1v) is 6.50. The van der Waals surface area contributed by atoms with Crippen molar-refractivity contribution in [1.29, 1.82) is 0 Å². The molecular weight excluding hydrogens is 222 g/mol. The zero-order valence-corrected chi connectivity index (χ0v) is 10.4. The molecule has 2 aliphatic rings. The summed E-state index contributed by atoms with van der Waals surface area (Å²) in [5, 5.41) is 0. The molecule has 0 radical (unpaired) electrons. The lowest BCUT2D eigenvalue weighted by Crippen LogP contribution is -2.20. The van der Waals surface area contributed by atoms with Gasteiger partial charge in [0.2, 0.25) is 0 Å². The second-order valence-electron chi connectivity index (χ2n) is 5.16. The summed E-state index contributed by atoms with van der Waals surface area (Å²) in [6, 6.07) is 9.80. The first kappa shape index (κ1) is 10.1. The number of hydrogen-bond donors (Lipinski definition) is 0. The number of aryl methyl sites for hydroxylation is 1. The fraction of sp³-hybridized carbons (Fsp3) is 0.333. The van der Waals surface area contributed by atoms with Gasteiger partial charge in [-0.05, 0) is 30.9 Å². The maximum atomic E-state index is 4.64. The second kappa shape index (κ2) is 3.55. The number of nitrogens with zero attached hydrogens (tertiary/aromatic N) is 3. The monoisotopic (exact) mass is 237 g/mol. The number of fused-ring (bicyclic) bond motifs is 5. The van der Waals surface area contributed by atoms with Gasteiger partial charge in [-0.15, -0.1) is 0 Å². The topological polar surface area (TPSA) is 29.0 Å². The number of aromatic nitrogens is 2. The zero-order valence-electron chi connectivity index (χ0n) is 10.4. The second-order valence-corrected chi connectivity index (χ2v) is 5.16. The SMILES string of the molecule is Cc1cncc(N2C3CCC2c2ccccc23)n1. The van der Waals surface area contributed by atoms with E-state index in [0.29, 0.717) is 12.1 Å². The molecule has 2 atom stereocenters. The number of hydrogen-bond acceptors (Lipinski definition) is 3. The predicted molar refractivity (Wildman–Crippen MR) is 70.4 cm³/mol. The van der Waals surface area contributed by atoms with Crippen molar-refractivity contribution >= 4 is 5.82 Å². The van der Waals surface area contributed by atoms with Crippen LogP contribution >= 0.6 is 0 Å². The van der Waals surface area contributed by atoms with Crippen LogP contribution in [0.4, 0.5) is 5.82 Å². The minimum absolute atomic E-state index is 0.502. The van der Waals surface area contributed by atoms with E-state index in [9.17, 15) is 0 Å². The largest absolute Gasteiger partial charge is 0.341 e. The van der Waals surface area contributed by atoms with Crippen molar-refractivity contribution in [1.82, 2.24) is 9.97 Å². The third-order valence-electron chi connectivity index (χ3n) is 4.11. The molecule has 0 amide bonds. The number of rotatable bonds is 1. The molecule has 0 spiro atoms. The third-order valence-corrected chi connectivity index (χ3v) is 4.11. The molecule has 1 aromatic heterocycles. The standard InChI is InChI=1S/C15H15N3/c1-10-8-16-9-15(17-10)18-13-6-7-14(18)12-5-3-2-4-11(12)13/h2-5,8-9,13-14H,6-7H2,1H3. The fourth-order valence-electron chi connectivity index (χ4n) is 3.43. The number of anilines is 1. The van der Waals surface area contributed by atoms with Gasteiger partial charge in [-0.3, -0.25) is 4.98 Å². The van der Waals surface area contributed by atoms with Gasteiger partial charge >= 0.3 is 0 Å². The van der Waals surface area contributed by atoms with E-state index in [1.54, 1.807) is 0 Å². The molecule has 2 aromatic rings. The molecule has 3 heteroatoms. The van der Waals surface area contributed by atoms with Gasteiger partial charge in [0.05, 0.1) is 24.0 Å². The van der Waals surface area contributed by atoms with E-state index >= 15 is 0 Å². The summed E-state index contributed by atoms with van der Waals surface area (Å²) >= 11 is 0. The zero-order chi connectivity index (χ0) is 12.1. The first-order valence-electron chi connectivity index (χ1n) is 6.50. The van der Waals surface area contributed by atoms with Gasteiger partial charge < -0.3 is 4.90 Å². The van der Waals surface area contributed by atoms with Gasteiger partial charge in [-0.25, -0.2) is 4.98 Å². The van der Waals surface area contributed by atoms with Crippen molar-refractivity contribution in [2.24, 2.45) is 0 Å². The van der Waals surface area contributed by atoms with Crippen LogP contribution in [0.1, 0.15) is 41.7 Å². The van der Waals surface area contributed by atoms with Crippen molar-refractivity contribution < 1.29 is 0 Å². The van der Waals surface area contributed by atoms with Crippen LogP contribution in [0, 0.1) is 6.92 Å². The highest BCUT2D eigenvalue weighted by Crippen LogP contribution is 2.54. The summed E-state index contributed by atoms with van der Waals surface area (Å²) in [6.07, 6.45) is 6.17. The summed E-state index contributed by atoms with van der Waals surface area (Å²) in [4.78, 5) is 11.4. The van der Waals surface area contributed by atoms with E-state index in [1.165, 1.54) is 24.0 Å². The molecule has 0 aliphatic carbocycles. The molecule has 1 fully saturated rings. The maximum absolute atomic E-state index is 4.64. The van der Waals surface area contributed by atoms with Crippen LogP contribution in [0.25, 0.3) is 0 Å². The van der Waals surface area contributed by atoms with Gasteiger partial charge in [-0.1, -0.05) is 24.3 Å². The Bertz CT molecular complexity index is 577. The molecule has 0 N–H and O–H groups in total. The van der Waals surface area contributed by atoms with Gasteiger partial charge in [-0.2, -0.15) is 0 Å². The molecular formula is C15H15N3. The normalized spacial score (nSPS) is 24.4. The molecule has 18 heavy (non-hydrogen) atoms. The fourth-order valence-corrected chi connectivity index (χ4v) is 3.43. The summed E-state index contributed by atoms with van der Waals surface area (Å²) in [6.45, 7) is 2.00. The van der Waals surface area contributed by atoms with Gasteiger partial charge in [0.25, 0.3) is 0 Å². The van der Waals surface area contributed by atoms with Crippen LogP contribution in [-0.2, 0) is 0 Å². The van der Waals surface area contributed by atoms with Crippen LogP contribution in [0.5, 0.6) is 0 Å². The summed E-state index contributed by atoms with van der Waals surface area (Å²) in [5.74, 6) is 1.03. The van der Waals surface area contributed by atoms with Gasteiger partial charge in [0.1, 0.15) is 5.82 Å². The highest BCUT2D eigenvalue weighted by Gasteiger charge is 2.44. The minimum atomic E-state index is 0.502. The lowest BCUT2D eigenvalue weighted by Gasteiger charge is -2.23. The molecule has 4 rings (SSSR count). The predicted octanol–water partition coefficient (Wildman–Crippen LogP) is 3.18. The Morgan fingerprint density at radius 2 is 1.72 bits per heavy atom. The Balaban J connectivity index is 1.83. The Labute approximate surface area is 107 Å². The smallest absolute Gasteiger partial charge is 0.148 e. The van der Waals surface area contributed by atoms with Crippen LogP contribution in [0.2, 0.25) is 0 Å². The van der Waals surface area contributed by atoms with E-state index in [1.807, 2.05) is 19.3 Å². The Morgan fingerprint density at radius 1 is 1.06 bits per heavy atom. The van der Waals surface area contributed by atoms with Crippen LogP contribution in [0.3, 0.4) is 0 Å². The molecule has 2 unspecified atom stereocenters. The average Bonchev–Trinajstić information content (AvgIpc) is 2.95. The lowest BCUT2D eigenvalue weighted by molar-refractivity contribution is 0.717.